The Balaban J connectivity index is 2.33. The van der Waals surface area contributed by atoms with Gasteiger partial charge in [0.2, 0.25) is 5.43 Å². The van der Waals surface area contributed by atoms with Crippen LogP contribution in [0.4, 0.5) is 4.39 Å². The van der Waals surface area contributed by atoms with Gasteiger partial charge in [-0.1, -0.05) is 12.1 Å². The maximum Gasteiger partial charge on any atom is 0.206 e. The lowest BCUT2D eigenvalue weighted by Crippen LogP contribution is -2.04. The highest BCUT2D eigenvalue weighted by atomic mass is 32.1. The summed E-state index contributed by atoms with van der Waals surface area (Å²) in [7, 11) is 0. The summed E-state index contributed by atoms with van der Waals surface area (Å²) in [6.07, 6.45) is 0. The highest BCUT2D eigenvalue weighted by Crippen LogP contribution is 2.27. The largest absolute Gasteiger partial charge is 0.455 e. The Morgan fingerprint density at radius 3 is 2.42 bits per heavy atom. The summed E-state index contributed by atoms with van der Waals surface area (Å²) in [5, 5.41) is 0.485. The molecule has 0 aliphatic rings. The summed E-state index contributed by atoms with van der Waals surface area (Å²) in [5.74, 6) is 0.0135. The number of fused-ring (bicyclic) bond motifs is 1. The van der Waals surface area contributed by atoms with Crippen LogP contribution in [0.15, 0.2) is 62.6 Å². The van der Waals surface area contributed by atoms with Crippen molar-refractivity contribution >= 4 is 23.6 Å². The van der Waals surface area contributed by atoms with Crippen LogP contribution in [-0.4, -0.2) is 0 Å². The van der Waals surface area contributed by atoms with E-state index in [1.54, 1.807) is 36.4 Å². The highest BCUT2D eigenvalue weighted by Gasteiger charge is 2.12. The Labute approximate surface area is 113 Å². The third-order valence-corrected chi connectivity index (χ3v) is 3.29. The third kappa shape index (κ3) is 2.04. The smallest absolute Gasteiger partial charge is 0.206 e. The minimum Gasteiger partial charge on any atom is -0.455 e. The average molecular weight is 272 g/mol. The molecule has 19 heavy (non-hydrogen) atoms. The van der Waals surface area contributed by atoms with Gasteiger partial charge in [0.15, 0.2) is 5.76 Å². The van der Waals surface area contributed by atoms with E-state index in [0.717, 1.165) is 0 Å². The Bertz CT molecular complexity index is 806. The first kappa shape index (κ1) is 12.0. The first-order chi connectivity index (χ1) is 9.16. The topological polar surface area (TPSA) is 30.2 Å². The van der Waals surface area contributed by atoms with E-state index in [1.165, 1.54) is 12.1 Å². The Hall–Kier alpha value is -2.07. The van der Waals surface area contributed by atoms with Crippen molar-refractivity contribution in [2.24, 2.45) is 0 Å². The van der Waals surface area contributed by atoms with Crippen molar-refractivity contribution in [1.82, 2.24) is 0 Å². The van der Waals surface area contributed by atoms with E-state index in [4.69, 9.17) is 4.42 Å². The van der Waals surface area contributed by atoms with Crippen LogP contribution in [0.5, 0.6) is 0 Å². The third-order valence-electron chi connectivity index (χ3n) is 2.88. The molecule has 94 valence electrons. The molecule has 0 aliphatic heterocycles. The van der Waals surface area contributed by atoms with Gasteiger partial charge in [0.1, 0.15) is 11.4 Å². The lowest BCUT2D eigenvalue weighted by Gasteiger charge is -2.06. The number of rotatable bonds is 1. The van der Waals surface area contributed by atoms with Gasteiger partial charge in [-0.3, -0.25) is 4.79 Å². The molecule has 0 fully saturated rings. The van der Waals surface area contributed by atoms with Crippen molar-refractivity contribution in [3.05, 3.63) is 64.6 Å². The molecular weight excluding hydrogens is 263 g/mol. The molecular formula is C15H9FO2S. The maximum atomic E-state index is 12.9. The number of para-hydroxylation sites is 1. The fourth-order valence-electron chi connectivity index (χ4n) is 1.93. The Kier molecular flexibility index (Phi) is 2.87. The molecule has 0 bridgehead atoms. The van der Waals surface area contributed by atoms with Gasteiger partial charge in [-0.15, -0.1) is 12.6 Å². The minimum absolute atomic E-state index is 0.190. The molecule has 3 aromatic rings. The van der Waals surface area contributed by atoms with Crippen LogP contribution in [0, 0.1) is 5.82 Å². The lowest BCUT2D eigenvalue weighted by atomic mass is 10.1. The van der Waals surface area contributed by atoms with Gasteiger partial charge in [0.25, 0.3) is 0 Å². The van der Waals surface area contributed by atoms with E-state index >= 15 is 0 Å². The number of halogens is 1. The zero-order valence-electron chi connectivity index (χ0n) is 9.76. The second kappa shape index (κ2) is 4.55. The summed E-state index contributed by atoms with van der Waals surface area (Å²) < 4.78 is 18.6. The second-order valence-electron chi connectivity index (χ2n) is 4.11. The summed E-state index contributed by atoms with van der Waals surface area (Å²) in [5.41, 5.74) is 0.920. The first-order valence-electron chi connectivity index (χ1n) is 5.67. The molecule has 2 aromatic carbocycles. The molecule has 0 unspecified atom stereocenters. The van der Waals surface area contributed by atoms with Crippen LogP contribution in [0.3, 0.4) is 0 Å². The molecule has 0 N–H and O–H groups in total. The SMILES string of the molecule is O=c1c(S)c(-c2ccc(F)cc2)oc2ccccc12. The predicted octanol–water partition coefficient (Wildman–Crippen LogP) is 3.89. The summed E-state index contributed by atoms with van der Waals surface area (Å²) in [6, 6.07) is 12.7. The van der Waals surface area contributed by atoms with Crippen molar-refractivity contribution in [1.29, 1.82) is 0 Å². The fraction of sp³-hybridized carbons (Fsp3) is 0. The highest BCUT2D eigenvalue weighted by molar-refractivity contribution is 7.80. The van der Waals surface area contributed by atoms with Crippen LogP contribution >= 0.6 is 12.6 Å². The molecule has 0 aliphatic carbocycles. The van der Waals surface area contributed by atoms with Gasteiger partial charge in [0.05, 0.1) is 10.3 Å². The number of thiol groups is 1. The second-order valence-corrected chi connectivity index (χ2v) is 4.56. The monoisotopic (exact) mass is 272 g/mol. The molecule has 0 amide bonds. The Morgan fingerprint density at radius 1 is 1.00 bits per heavy atom. The molecule has 1 heterocycles. The normalized spacial score (nSPS) is 10.8. The zero-order chi connectivity index (χ0) is 13.4. The van der Waals surface area contributed by atoms with Crippen LogP contribution in [0.2, 0.25) is 0 Å². The Morgan fingerprint density at radius 2 is 1.68 bits per heavy atom. The predicted molar refractivity (Wildman–Crippen MR) is 75.1 cm³/mol. The number of hydrogen-bond acceptors (Lipinski definition) is 3. The van der Waals surface area contributed by atoms with E-state index in [2.05, 4.69) is 12.6 Å². The van der Waals surface area contributed by atoms with Crippen molar-refractivity contribution in [3.8, 4) is 11.3 Å². The zero-order valence-corrected chi connectivity index (χ0v) is 10.7. The van der Waals surface area contributed by atoms with Crippen molar-refractivity contribution < 1.29 is 8.81 Å². The van der Waals surface area contributed by atoms with Crippen molar-refractivity contribution in [3.63, 3.8) is 0 Å². The van der Waals surface area contributed by atoms with E-state index in [-0.39, 0.29) is 16.1 Å². The van der Waals surface area contributed by atoms with Gasteiger partial charge in [0, 0.05) is 5.56 Å². The van der Waals surface area contributed by atoms with E-state index in [1.807, 2.05) is 0 Å². The molecule has 0 atom stereocenters. The van der Waals surface area contributed by atoms with Gasteiger partial charge >= 0.3 is 0 Å². The van der Waals surface area contributed by atoms with Gasteiger partial charge in [-0.2, -0.15) is 0 Å². The summed E-state index contributed by atoms with van der Waals surface area (Å²) >= 11 is 4.22. The van der Waals surface area contributed by atoms with Crippen molar-refractivity contribution in [2.75, 3.05) is 0 Å². The van der Waals surface area contributed by atoms with E-state index in [9.17, 15) is 9.18 Å². The van der Waals surface area contributed by atoms with Crippen molar-refractivity contribution in [2.45, 2.75) is 4.90 Å². The molecule has 0 saturated heterocycles. The summed E-state index contributed by atoms with van der Waals surface area (Å²) in [4.78, 5) is 12.4. The standard InChI is InChI=1S/C15H9FO2S/c16-10-7-5-9(6-8-10)14-15(19)13(17)11-3-1-2-4-12(11)18-14/h1-8,19H. The molecule has 1 aromatic heterocycles. The van der Waals surface area contributed by atoms with Crippen LogP contribution < -0.4 is 5.43 Å². The quantitative estimate of drug-likeness (QED) is 0.681. The lowest BCUT2D eigenvalue weighted by molar-refractivity contribution is 0.604. The summed E-state index contributed by atoms with van der Waals surface area (Å²) in [6.45, 7) is 0. The number of benzene rings is 2. The van der Waals surface area contributed by atoms with Crippen LogP contribution in [0.1, 0.15) is 0 Å². The van der Waals surface area contributed by atoms with Gasteiger partial charge < -0.3 is 4.42 Å². The van der Waals surface area contributed by atoms with Gasteiger partial charge in [-0.25, -0.2) is 4.39 Å². The van der Waals surface area contributed by atoms with E-state index in [0.29, 0.717) is 22.3 Å². The van der Waals surface area contributed by atoms with Gasteiger partial charge in [-0.05, 0) is 36.4 Å². The van der Waals surface area contributed by atoms with Crippen LogP contribution in [0.25, 0.3) is 22.3 Å². The molecule has 0 radical (unpaired) electrons. The molecule has 2 nitrogen and oxygen atoms in total. The average Bonchev–Trinajstić information content (AvgIpc) is 2.44. The van der Waals surface area contributed by atoms with Crippen LogP contribution in [-0.2, 0) is 0 Å². The molecule has 3 rings (SSSR count). The number of hydrogen-bond donors (Lipinski definition) is 1. The fourth-order valence-corrected chi connectivity index (χ4v) is 2.22. The minimum atomic E-state index is -0.340. The molecule has 4 heteroatoms. The first-order valence-corrected chi connectivity index (χ1v) is 6.12. The molecule has 0 saturated carbocycles. The molecule has 0 spiro atoms. The maximum absolute atomic E-state index is 12.9. The van der Waals surface area contributed by atoms with E-state index < -0.39 is 0 Å².